The minimum Gasteiger partial charge on any atom is -0.335 e. The molecule has 0 spiro atoms. The van der Waals surface area contributed by atoms with Gasteiger partial charge in [-0.1, -0.05) is 12.1 Å². The molecule has 0 aromatic heterocycles. The molecule has 1 aliphatic carbocycles. The average Bonchev–Trinajstić information content (AvgIpc) is 3.25. The molecular weight excluding hydrogens is 359 g/mol. The van der Waals surface area contributed by atoms with Crippen LogP contribution in [0.1, 0.15) is 25.7 Å². The molecule has 1 aromatic rings. The third-order valence-corrected chi connectivity index (χ3v) is 7.16. The van der Waals surface area contributed by atoms with Gasteiger partial charge in [-0.3, -0.25) is 9.59 Å². The molecule has 2 unspecified atom stereocenters. The quantitative estimate of drug-likeness (QED) is 0.790. The lowest BCUT2D eigenvalue weighted by Gasteiger charge is -2.30. The molecular formula is C18H21FN2O4S. The maximum atomic E-state index is 14.0. The number of nitrogens with zero attached hydrogens (tertiary/aromatic N) is 2. The van der Waals surface area contributed by atoms with E-state index in [4.69, 9.17) is 0 Å². The Balaban J connectivity index is 1.53. The number of benzene rings is 1. The number of hydrogen-bond acceptors (Lipinski definition) is 4. The molecule has 2 heterocycles. The molecule has 2 saturated heterocycles. The highest BCUT2D eigenvalue weighted by molar-refractivity contribution is 7.91. The lowest BCUT2D eigenvalue weighted by atomic mass is 10.0. The van der Waals surface area contributed by atoms with Gasteiger partial charge < -0.3 is 9.80 Å². The Morgan fingerprint density at radius 1 is 1.15 bits per heavy atom. The van der Waals surface area contributed by atoms with E-state index in [2.05, 4.69) is 0 Å². The van der Waals surface area contributed by atoms with Gasteiger partial charge in [0.05, 0.1) is 23.1 Å². The summed E-state index contributed by atoms with van der Waals surface area (Å²) in [4.78, 5) is 28.5. The van der Waals surface area contributed by atoms with Gasteiger partial charge in [0.15, 0.2) is 9.84 Å². The van der Waals surface area contributed by atoms with E-state index < -0.39 is 21.6 Å². The van der Waals surface area contributed by atoms with Gasteiger partial charge in [0.1, 0.15) is 5.82 Å². The van der Waals surface area contributed by atoms with Gasteiger partial charge in [-0.15, -0.1) is 0 Å². The van der Waals surface area contributed by atoms with Gasteiger partial charge in [-0.05, 0) is 31.4 Å². The van der Waals surface area contributed by atoms with Crippen molar-refractivity contribution in [2.75, 3.05) is 23.0 Å². The fourth-order valence-corrected chi connectivity index (χ4v) is 5.70. The van der Waals surface area contributed by atoms with Crippen LogP contribution in [0, 0.1) is 11.7 Å². The number of rotatable bonds is 4. The number of para-hydroxylation sites is 1. The predicted molar refractivity (Wildman–Crippen MR) is 93.8 cm³/mol. The molecule has 6 nitrogen and oxygen atoms in total. The van der Waals surface area contributed by atoms with Crippen molar-refractivity contribution in [1.29, 1.82) is 0 Å². The largest absolute Gasteiger partial charge is 0.335 e. The van der Waals surface area contributed by atoms with Crippen LogP contribution < -0.4 is 4.90 Å². The lowest BCUT2D eigenvalue weighted by molar-refractivity contribution is -0.138. The Morgan fingerprint density at radius 2 is 1.88 bits per heavy atom. The molecule has 4 rings (SSSR count). The van der Waals surface area contributed by atoms with Gasteiger partial charge in [-0.25, -0.2) is 12.8 Å². The number of anilines is 1. The molecule has 2 atom stereocenters. The molecule has 2 amide bonds. The Kier molecular flexibility index (Phi) is 4.25. The van der Waals surface area contributed by atoms with E-state index in [1.807, 2.05) is 0 Å². The maximum absolute atomic E-state index is 14.0. The summed E-state index contributed by atoms with van der Waals surface area (Å²) in [5, 5.41) is 0. The minimum atomic E-state index is -3.09. The van der Waals surface area contributed by atoms with E-state index in [0.717, 1.165) is 12.8 Å². The fourth-order valence-electron chi connectivity index (χ4n) is 3.99. The Morgan fingerprint density at radius 3 is 2.50 bits per heavy atom. The van der Waals surface area contributed by atoms with E-state index in [9.17, 15) is 22.4 Å². The number of sulfone groups is 1. The van der Waals surface area contributed by atoms with Crippen LogP contribution in [0.5, 0.6) is 0 Å². The lowest BCUT2D eigenvalue weighted by Crippen LogP contribution is -2.46. The second kappa shape index (κ2) is 6.33. The molecule has 8 heteroatoms. The number of amides is 2. The SMILES string of the molecule is O=C1CC(C(=O)N(C2CC2)C2CCS(=O)(=O)C2)CN1c1ccccc1F. The summed E-state index contributed by atoms with van der Waals surface area (Å²) in [6.07, 6.45) is 2.25. The van der Waals surface area contributed by atoms with Crippen LogP contribution >= 0.6 is 0 Å². The van der Waals surface area contributed by atoms with Gasteiger partial charge in [0.2, 0.25) is 11.8 Å². The second-order valence-electron chi connectivity index (χ2n) is 7.39. The number of carbonyl (C=O) groups is 2. The first kappa shape index (κ1) is 17.5. The normalized spacial score (nSPS) is 27.7. The van der Waals surface area contributed by atoms with Gasteiger partial charge in [0.25, 0.3) is 0 Å². The van der Waals surface area contributed by atoms with E-state index in [1.54, 1.807) is 17.0 Å². The topological polar surface area (TPSA) is 74.8 Å². The van der Waals surface area contributed by atoms with Crippen molar-refractivity contribution < 1.29 is 22.4 Å². The summed E-state index contributed by atoms with van der Waals surface area (Å²) in [6.45, 7) is 0.140. The Hall–Kier alpha value is -1.96. The van der Waals surface area contributed by atoms with Crippen LogP contribution in [0.15, 0.2) is 24.3 Å². The molecule has 0 radical (unpaired) electrons. The summed E-state index contributed by atoms with van der Waals surface area (Å²) >= 11 is 0. The molecule has 3 aliphatic rings. The van der Waals surface area contributed by atoms with Gasteiger partial charge in [-0.2, -0.15) is 0 Å². The monoisotopic (exact) mass is 380 g/mol. The number of hydrogen-bond donors (Lipinski definition) is 0. The van der Waals surface area contributed by atoms with Crippen molar-refractivity contribution in [2.24, 2.45) is 5.92 Å². The third kappa shape index (κ3) is 3.22. The first-order valence-corrected chi connectivity index (χ1v) is 10.8. The molecule has 2 aliphatic heterocycles. The first-order valence-electron chi connectivity index (χ1n) is 8.93. The fraction of sp³-hybridized carbons (Fsp3) is 0.556. The van der Waals surface area contributed by atoms with E-state index in [0.29, 0.717) is 6.42 Å². The van der Waals surface area contributed by atoms with Gasteiger partial charge >= 0.3 is 0 Å². The van der Waals surface area contributed by atoms with Crippen LogP contribution in [0.4, 0.5) is 10.1 Å². The summed E-state index contributed by atoms with van der Waals surface area (Å²) in [5.74, 6) is -1.36. The summed E-state index contributed by atoms with van der Waals surface area (Å²) in [6, 6.07) is 5.81. The van der Waals surface area contributed by atoms with Crippen LogP contribution in [0.2, 0.25) is 0 Å². The summed E-state index contributed by atoms with van der Waals surface area (Å²) < 4.78 is 37.6. The molecule has 26 heavy (non-hydrogen) atoms. The smallest absolute Gasteiger partial charge is 0.228 e. The third-order valence-electron chi connectivity index (χ3n) is 5.41. The van der Waals surface area contributed by atoms with Crippen molar-refractivity contribution in [2.45, 2.75) is 37.8 Å². The minimum absolute atomic E-state index is 0.00688. The first-order chi connectivity index (χ1) is 12.4. The van der Waals surface area contributed by atoms with Crippen molar-refractivity contribution in [3.05, 3.63) is 30.1 Å². The Bertz CT molecular complexity index is 853. The van der Waals surface area contributed by atoms with E-state index in [-0.39, 0.29) is 54.1 Å². The van der Waals surface area contributed by atoms with Crippen molar-refractivity contribution in [3.63, 3.8) is 0 Å². The van der Waals surface area contributed by atoms with Crippen LogP contribution in [0.25, 0.3) is 0 Å². The predicted octanol–water partition coefficient (Wildman–Crippen LogP) is 1.36. The molecule has 140 valence electrons. The number of halogens is 1. The zero-order valence-corrected chi connectivity index (χ0v) is 15.1. The van der Waals surface area contributed by atoms with Crippen molar-refractivity contribution >= 4 is 27.3 Å². The molecule has 1 aromatic carbocycles. The number of carbonyl (C=O) groups excluding carboxylic acids is 2. The molecule has 3 fully saturated rings. The van der Waals surface area contributed by atoms with Crippen LogP contribution in [-0.4, -0.2) is 55.3 Å². The van der Waals surface area contributed by atoms with E-state index in [1.165, 1.54) is 17.0 Å². The van der Waals surface area contributed by atoms with Crippen LogP contribution in [0.3, 0.4) is 0 Å². The average molecular weight is 380 g/mol. The summed E-state index contributed by atoms with van der Waals surface area (Å²) in [5.41, 5.74) is 0.189. The highest BCUT2D eigenvalue weighted by Crippen LogP contribution is 2.36. The standard InChI is InChI=1S/C18H21FN2O4S/c19-15-3-1-2-4-16(15)20-10-12(9-17(20)22)18(23)21(13-5-6-13)14-7-8-26(24,25)11-14/h1-4,12-14H,5-11H2. The maximum Gasteiger partial charge on any atom is 0.228 e. The van der Waals surface area contributed by atoms with E-state index >= 15 is 0 Å². The van der Waals surface area contributed by atoms with Crippen molar-refractivity contribution in [1.82, 2.24) is 4.90 Å². The Labute approximate surface area is 151 Å². The highest BCUT2D eigenvalue weighted by atomic mass is 32.2. The molecule has 1 saturated carbocycles. The van der Waals surface area contributed by atoms with Crippen LogP contribution in [-0.2, 0) is 19.4 Å². The highest BCUT2D eigenvalue weighted by Gasteiger charge is 2.46. The molecule has 0 bridgehead atoms. The molecule has 0 N–H and O–H groups in total. The zero-order chi connectivity index (χ0) is 18.5. The van der Waals surface area contributed by atoms with Crippen molar-refractivity contribution in [3.8, 4) is 0 Å². The van der Waals surface area contributed by atoms with Gasteiger partial charge in [0, 0.05) is 25.0 Å². The summed E-state index contributed by atoms with van der Waals surface area (Å²) in [7, 11) is -3.09. The zero-order valence-electron chi connectivity index (χ0n) is 14.3. The second-order valence-corrected chi connectivity index (χ2v) is 9.62.